The van der Waals surface area contributed by atoms with Crippen LogP contribution in [0.2, 0.25) is 0 Å². The van der Waals surface area contributed by atoms with Gasteiger partial charge in [0.25, 0.3) is 0 Å². The molecule has 2 heterocycles. The van der Waals surface area contributed by atoms with E-state index in [0.29, 0.717) is 5.89 Å². The van der Waals surface area contributed by atoms with Gasteiger partial charge in [-0.3, -0.25) is 0 Å². The lowest BCUT2D eigenvalue weighted by atomic mass is 10.1. The minimum atomic E-state index is 0.677. The molecule has 0 bridgehead atoms. The van der Waals surface area contributed by atoms with E-state index in [4.69, 9.17) is 8.83 Å². The topological polar surface area (TPSA) is 51.2 Å². The summed E-state index contributed by atoms with van der Waals surface area (Å²) in [5, 5.41) is 3.34. The minimum Gasteiger partial charge on any atom is -0.465 e. The predicted octanol–water partition coefficient (Wildman–Crippen LogP) is 3.88. The summed E-state index contributed by atoms with van der Waals surface area (Å²) >= 11 is 0. The van der Waals surface area contributed by atoms with Gasteiger partial charge in [0.2, 0.25) is 5.89 Å². The molecule has 0 radical (unpaired) electrons. The molecule has 1 N–H and O–H groups in total. The maximum atomic E-state index is 5.55. The van der Waals surface area contributed by atoms with Crippen molar-refractivity contribution in [1.82, 2.24) is 10.3 Å². The molecule has 0 aliphatic rings. The summed E-state index contributed by atoms with van der Waals surface area (Å²) in [6.07, 6.45) is 2.56. The third kappa shape index (κ3) is 3.65. The van der Waals surface area contributed by atoms with Crippen LogP contribution in [0.4, 0.5) is 0 Å². The van der Waals surface area contributed by atoms with Crippen molar-refractivity contribution in [3.8, 4) is 11.5 Å². The highest BCUT2D eigenvalue weighted by atomic mass is 16.3. The van der Waals surface area contributed by atoms with Crippen LogP contribution >= 0.6 is 0 Å². The summed E-state index contributed by atoms with van der Waals surface area (Å²) in [7, 11) is 0. The van der Waals surface area contributed by atoms with E-state index >= 15 is 0 Å². The molecule has 0 fully saturated rings. The van der Waals surface area contributed by atoms with Crippen molar-refractivity contribution in [2.45, 2.75) is 26.8 Å². The average Bonchev–Trinajstić information content (AvgIpc) is 3.14. The monoisotopic (exact) mass is 296 g/mol. The largest absolute Gasteiger partial charge is 0.465 e. The van der Waals surface area contributed by atoms with Gasteiger partial charge in [-0.15, -0.1) is 0 Å². The number of oxazole rings is 1. The lowest BCUT2D eigenvalue weighted by Gasteiger charge is -2.00. The predicted molar refractivity (Wildman–Crippen MR) is 85.5 cm³/mol. The molecule has 4 heteroatoms. The number of hydrogen-bond donors (Lipinski definition) is 1. The van der Waals surface area contributed by atoms with Gasteiger partial charge in [-0.25, -0.2) is 4.98 Å². The second kappa shape index (κ2) is 6.62. The van der Waals surface area contributed by atoms with Gasteiger partial charge >= 0.3 is 0 Å². The van der Waals surface area contributed by atoms with Crippen LogP contribution in [0.25, 0.3) is 11.5 Å². The van der Waals surface area contributed by atoms with Crippen molar-refractivity contribution < 1.29 is 8.83 Å². The van der Waals surface area contributed by atoms with Crippen molar-refractivity contribution >= 4 is 0 Å². The van der Waals surface area contributed by atoms with Gasteiger partial charge < -0.3 is 14.2 Å². The van der Waals surface area contributed by atoms with E-state index in [1.807, 2.05) is 31.2 Å². The van der Waals surface area contributed by atoms with Crippen molar-refractivity contribution in [3.63, 3.8) is 0 Å². The molecule has 1 aromatic carbocycles. The molecular formula is C18H20N2O2. The van der Waals surface area contributed by atoms with Gasteiger partial charge in [0.05, 0.1) is 12.2 Å². The summed E-state index contributed by atoms with van der Waals surface area (Å²) in [4.78, 5) is 4.53. The molecule has 22 heavy (non-hydrogen) atoms. The van der Waals surface area contributed by atoms with Crippen LogP contribution in [0.1, 0.15) is 22.8 Å². The number of rotatable bonds is 6. The molecule has 4 nitrogen and oxygen atoms in total. The van der Waals surface area contributed by atoms with E-state index in [0.717, 1.165) is 42.3 Å². The first-order chi connectivity index (χ1) is 10.7. The zero-order valence-corrected chi connectivity index (χ0v) is 12.9. The highest BCUT2D eigenvalue weighted by molar-refractivity contribution is 5.53. The van der Waals surface area contributed by atoms with E-state index < -0.39 is 0 Å². The Balaban J connectivity index is 1.50. The quantitative estimate of drug-likeness (QED) is 0.701. The first-order valence-electron chi connectivity index (χ1n) is 7.48. The number of aryl methyl sites for hydroxylation is 2. The highest BCUT2D eigenvalue weighted by Gasteiger charge is 2.06. The van der Waals surface area contributed by atoms with Gasteiger partial charge in [-0.1, -0.05) is 17.7 Å². The second-order valence-electron chi connectivity index (χ2n) is 5.45. The van der Waals surface area contributed by atoms with Gasteiger partial charge in [0.15, 0.2) is 0 Å². The lowest BCUT2D eigenvalue weighted by Crippen LogP contribution is -2.16. The van der Waals surface area contributed by atoms with Crippen LogP contribution in [0.5, 0.6) is 0 Å². The second-order valence-corrected chi connectivity index (χ2v) is 5.45. The summed E-state index contributed by atoms with van der Waals surface area (Å²) in [5.41, 5.74) is 3.20. The van der Waals surface area contributed by atoms with Crippen molar-refractivity contribution in [2.24, 2.45) is 0 Å². The third-order valence-electron chi connectivity index (χ3n) is 3.50. The SMILES string of the molecule is Cc1ccc(-c2nc(CCNCc3ccc(C)o3)co2)cc1. The lowest BCUT2D eigenvalue weighted by molar-refractivity contribution is 0.462. The Hall–Kier alpha value is -2.33. The fourth-order valence-corrected chi connectivity index (χ4v) is 2.26. The molecule has 0 spiro atoms. The Labute approximate surface area is 130 Å². The number of furan rings is 1. The molecule has 0 unspecified atom stereocenters. The van der Waals surface area contributed by atoms with Crippen LogP contribution < -0.4 is 5.32 Å². The van der Waals surface area contributed by atoms with E-state index in [9.17, 15) is 0 Å². The fraction of sp³-hybridized carbons (Fsp3) is 0.278. The van der Waals surface area contributed by atoms with Crippen molar-refractivity contribution in [3.05, 3.63) is 65.4 Å². The Morgan fingerprint density at radius 3 is 2.59 bits per heavy atom. The molecule has 2 aromatic heterocycles. The number of nitrogens with one attached hydrogen (secondary N) is 1. The number of benzene rings is 1. The summed E-state index contributed by atoms with van der Waals surface area (Å²) in [5.74, 6) is 2.57. The molecule has 114 valence electrons. The van der Waals surface area contributed by atoms with Crippen LogP contribution in [-0.4, -0.2) is 11.5 Å². The number of hydrogen-bond acceptors (Lipinski definition) is 4. The Bertz CT molecular complexity index is 726. The fourth-order valence-electron chi connectivity index (χ4n) is 2.26. The maximum absolute atomic E-state index is 5.55. The van der Waals surface area contributed by atoms with E-state index in [1.165, 1.54) is 5.56 Å². The van der Waals surface area contributed by atoms with Gasteiger partial charge in [0.1, 0.15) is 17.8 Å². The molecule has 0 saturated heterocycles. The molecule has 0 atom stereocenters. The molecular weight excluding hydrogens is 276 g/mol. The standard InChI is InChI=1S/C18H20N2O2/c1-13-3-6-15(7-4-13)18-20-16(12-21-18)9-10-19-11-17-8-5-14(2)22-17/h3-8,12,19H,9-11H2,1-2H3. The van der Waals surface area contributed by atoms with Gasteiger partial charge in [-0.05, 0) is 38.1 Å². The normalized spacial score (nSPS) is 11.0. The molecule has 3 aromatic rings. The van der Waals surface area contributed by atoms with Crippen molar-refractivity contribution in [1.29, 1.82) is 0 Å². The number of aromatic nitrogens is 1. The Kier molecular flexibility index (Phi) is 4.39. The smallest absolute Gasteiger partial charge is 0.226 e. The minimum absolute atomic E-state index is 0.677. The molecule has 0 saturated carbocycles. The number of nitrogens with zero attached hydrogens (tertiary/aromatic N) is 1. The van der Waals surface area contributed by atoms with Gasteiger partial charge in [-0.2, -0.15) is 0 Å². The highest BCUT2D eigenvalue weighted by Crippen LogP contribution is 2.19. The van der Waals surface area contributed by atoms with E-state index in [2.05, 4.69) is 29.4 Å². The van der Waals surface area contributed by atoms with Crippen LogP contribution in [0.3, 0.4) is 0 Å². The third-order valence-corrected chi connectivity index (χ3v) is 3.50. The average molecular weight is 296 g/mol. The van der Waals surface area contributed by atoms with Gasteiger partial charge in [0, 0.05) is 18.5 Å². The summed E-state index contributed by atoms with van der Waals surface area (Å²) in [6.45, 7) is 5.58. The van der Waals surface area contributed by atoms with Crippen LogP contribution in [-0.2, 0) is 13.0 Å². The van der Waals surface area contributed by atoms with Crippen LogP contribution in [0, 0.1) is 13.8 Å². The van der Waals surface area contributed by atoms with E-state index in [1.54, 1.807) is 6.26 Å². The van der Waals surface area contributed by atoms with Crippen LogP contribution in [0.15, 0.2) is 51.5 Å². The molecule has 0 amide bonds. The zero-order chi connectivity index (χ0) is 15.4. The molecule has 0 aliphatic carbocycles. The Morgan fingerprint density at radius 2 is 1.86 bits per heavy atom. The molecule has 0 aliphatic heterocycles. The zero-order valence-electron chi connectivity index (χ0n) is 12.9. The summed E-state index contributed by atoms with van der Waals surface area (Å²) < 4.78 is 11.1. The van der Waals surface area contributed by atoms with E-state index in [-0.39, 0.29) is 0 Å². The first-order valence-corrected chi connectivity index (χ1v) is 7.48. The molecule has 3 rings (SSSR count). The Morgan fingerprint density at radius 1 is 1.05 bits per heavy atom. The maximum Gasteiger partial charge on any atom is 0.226 e. The summed E-state index contributed by atoms with van der Waals surface area (Å²) in [6, 6.07) is 12.2. The first kappa shape index (κ1) is 14.6. The van der Waals surface area contributed by atoms with Crippen molar-refractivity contribution in [2.75, 3.05) is 6.54 Å².